The Kier molecular flexibility index (Phi) is 12.6. The van der Waals surface area contributed by atoms with Gasteiger partial charge in [-0.1, -0.05) is 43.4 Å². The summed E-state index contributed by atoms with van der Waals surface area (Å²) in [7, 11) is 0. The van der Waals surface area contributed by atoms with Crippen LogP contribution in [0, 0.1) is 41.1 Å². The van der Waals surface area contributed by atoms with Crippen LogP contribution in [0.3, 0.4) is 0 Å². The van der Waals surface area contributed by atoms with Gasteiger partial charge >= 0.3 is 0 Å². The van der Waals surface area contributed by atoms with Crippen LogP contribution in [-0.2, 0) is 12.8 Å². The first-order chi connectivity index (χ1) is 20.4. The standard InChI is InChI=1S/C37H48F4O/c1-3-5-6-27-7-9-28(10-8-27)11-12-29-13-15-30(16-14-29)17-19-31-20-21-32(37(41)36(31)40)33(38)23-24-42-35-22-18-26(4-2)25-34(35)39/h3,11-12,18,20-22,25,27-30,33H,1,4-10,13-17,19,23-24H2,2H3. The monoisotopic (exact) mass is 584 g/mol. The fraction of sp³-hybridized carbons (Fsp3) is 0.568. The third kappa shape index (κ3) is 9.22. The SMILES string of the molecule is C=CCCC1CCC(C=CC2CCC(CCc3ccc(C(F)CCOc4ccc(CC)cc4F)c(F)c3F)CC2)CC1. The molecule has 42 heavy (non-hydrogen) atoms. The van der Waals surface area contributed by atoms with Crippen LogP contribution in [0.5, 0.6) is 5.75 Å². The van der Waals surface area contributed by atoms with Gasteiger partial charge in [0.1, 0.15) is 6.17 Å². The molecule has 2 aliphatic carbocycles. The molecule has 0 amide bonds. The van der Waals surface area contributed by atoms with Gasteiger partial charge in [-0.2, -0.15) is 0 Å². The third-order valence-corrected chi connectivity index (χ3v) is 9.60. The number of alkyl halides is 1. The lowest BCUT2D eigenvalue weighted by Crippen LogP contribution is -2.16. The maximum absolute atomic E-state index is 14.9. The minimum absolute atomic E-state index is 0.0314. The number of allylic oxidation sites excluding steroid dienone is 3. The molecule has 230 valence electrons. The van der Waals surface area contributed by atoms with Crippen LogP contribution in [0.1, 0.15) is 107 Å². The minimum Gasteiger partial charge on any atom is -0.490 e. The highest BCUT2D eigenvalue weighted by atomic mass is 19.2. The third-order valence-electron chi connectivity index (χ3n) is 9.60. The van der Waals surface area contributed by atoms with Crippen molar-refractivity contribution in [2.75, 3.05) is 6.61 Å². The van der Waals surface area contributed by atoms with Gasteiger partial charge in [0, 0.05) is 12.0 Å². The van der Waals surface area contributed by atoms with Crippen molar-refractivity contribution in [2.45, 2.75) is 103 Å². The highest BCUT2D eigenvalue weighted by Crippen LogP contribution is 2.36. The van der Waals surface area contributed by atoms with Gasteiger partial charge in [-0.15, -0.1) is 6.58 Å². The van der Waals surface area contributed by atoms with E-state index in [1.54, 1.807) is 6.07 Å². The van der Waals surface area contributed by atoms with Gasteiger partial charge in [0.25, 0.3) is 0 Å². The summed E-state index contributed by atoms with van der Waals surface area (Å²) in [6.07, 6.45) is 19.2. The first-order valence-corrected chi connectivity index (χ1v) is 16.2. The molecule has 5 heteroatoms. The predicted octanol–water partition coefficient (Wildman–Crippen LogP) is 11.2. The zero-order valence-corrected chi connectivity index (χ0v) is 25.2. The number of rotatable bonds is 14. The second-order valence-corrected chi connectivity index (χ2v) is 12.5. The van der Waals surface area contributed by atoms with Gasteiger partial charge in [0.2, 0.25) is 0 Å². The molecule has 4 rings (SSSR count). The maximum atomic E-state index is 14.9. The van der Waals surface area contributed by atoms with E-state index < -0.39 is 23.6 Å². The maximum Gasteiger partial charge on any atom is 0.165 e. The Morgan fingerprint density at radius 2 is 1.50 bits per heavy atom. The number of hydrogen-bond donors (Lipinski definition) is 0. The van der Waals surface area contributed by atoms with E-state index in [-0.39, 0.29) is 24.3 Å². The molecular formula is C37H48F4O. The number of ether oxygens (including phenoxy) is 1. The predicted molar refractivity (Wildman–Crippen MR) is 164 cm³/mol. The van der Waals surface area contributed by atoms with Gasteiger partial charge in [0.05, 0.1) is 6.61 Å². The molecule has 0 heterocycles. The van der Waals surface area contributed by atoms with Crippen molar-refractivity contribution in [3.8, 4) is 5.75 Å². The van der Waals surface area contributed by atoms with Crippen LogP contribution >= 0.6 is 0 Å². The highest BCUT2D eigenvalue weighted by molar-refractivity contribution is 5.30. The van der Waals surface area contributed by atoms with Gasteiger partial charge in [0.15, 0.2) is 23.2 Å². The quantitative estimate of drug-likeness (QED) is 0.159. The summed E-state index contributed by atoms with van der Waals surface area (Å²) in [6.45, 7) is 5.63. The van der Waals surface area contributed by atoms with Crippen LogP contribution in [-0.4, -0.2) is 6.61 Å². The van der Waals surface area contributed by atoms with Gasteiger partial charge < -0.3 is 4.74 Å². The lowest BCUT2D eigenvalue weighted by atomic mass is 9.77. The summed E-state index contributed by atoms with van der Waals surface area (Å²) in [5.41, 5.74) is 0.840. The molecule has 1 nitrogen and oxygen atoms in total. The molecule has 2 saturated carbocycles. The number of aryl methyl sites for hydroxylation is 2. The second kappa shape index (κ2) is 16.3. The van der Waals surface area contributed by atoms with Gasteiger partial charge in [-0.25, -0.2) is 17.6 Å². The topological polar surface area (TPSA) is 9.23 Å². The summed E-state index contributed by atoms with van der Waals surface area (Å²) in [5, 5.41) is 0. The van der Waals surface area contributed by atoms with Crippen LogP contribution in [0.4, 0.5) is 17.6 Å². The van der Waals surface area contributed by atoms with Crippen molar-refractivity contribution in [1.82, 2.24) is 0 Å². The molecule has 0 aliphatic heterocycles. The normalized spacial score (nSPS) is 23.6. The van der Waals surface area contributed by atoms with E-state index in [1.807, 2.05) is 13.0 Å². The summed E-state index contributed by atoms with van der Waals surface area (Å²) in [4.78, 5) is 0. The lowest BCUT2D eigenvalue weighted by molar-refractivity contribution is 0.226. The first-order valence-electron chi connectivity index (χ1n) is 16.2. The summed E-state index contributed by atoms with van der Waals surface area (Å²) in [6, 6.07) is 7.52. The molecule has 0 radical (unpaired) electrons. The smallest absolute Gasteiger partial charge is 0.165 e. The summed E-state index contributed by atoms with van der Waals surface area (Å²) in [5.74, 6) is 0.182. The average molecular weight is 585 g/mol. The number of benzene rings is 2. The Labute approximate surface area is 250 Å². The summed E-state index contributed by atoms with van der Waals surface area (Å²) < 4.78 is 63.9. The molecule has 1 atom stereocenters. The first kappa shape index (κ1) is 32.4. The van der Waals surface area contributed by atoms with Crippen molar-refractivity contribution in [1.29, 1.82) is 0 Å². The molecule has 1 unspecified atom stereocenters. The minimum atomic E-state index is -1.73. The van der Waals surface area contributed by atoms with Crippen molar-refractivity contribution >= 4 is 0 Å². The van der Waals surface area contributed by atoms with Crippen molar-refractivity contribution in [2.24, 2.45) is 23.7 Å². The largest absolute Gasteiger partial charge is 0.490 e. The molecule has 2 aromatic rings. The molecule has 0 bridgehead atoms. The van der Waals surface area contributed by atoms with Crippen LogP contribution in [0.2, 0.25) is 0 Å². The molecule has 0 aromatic heterocycles. The molecule has 0 spiro atoms. The van der Waals surface area contributed by atoms with E-state index in [1.165, 1.54) is 56.4 Å². The molecule has 2 aromatic carbocycles. The zero-order valence-electron chi connectivity index (χ0n) is 25.2. The fourth-order valence-electron chi connectivity index (χ4n) is 6.71. The Bertz CT molecular complexity index is 1160. The number of hydrogen-bond acceptors (Lipinski definition) is 1. The van der Waals surface area contributed by atoms with E-state index in [0.29, 0.717) is 30.2 Å². The van der Waals surface area contributed by atoms with Gasteiger partial charge in [-0.3, -0.25) is 0 Å². The Morgan fingerprint density at radius 3 is 2.10 bits per heavy atom. The molecule has 2 fully saturated rings. The Balaban J connectivity index is 1.18. The molecule has 0 saturated heterocycles. The van der Waals surface area contributed by atoms with E-state index >= 15 is 0 Å². The van der Waals surface area contributed by atoms with Crippen molar-refractivity contribution < 1.29 is 22.3 Å². The highest BCUT2D eigenvalue weighted by Gasteiger charge is 2.24. The number of halogens is 4. The molecule has 0 N–H and O–H groups in total. The van der Waals surface area contributed by atoms with E-state index in [9.17, 15) is 17.6 Å². The van der Waals surface area contributed by atoms with Crippen LogP contribution < -0.4 is 4.74 Å². The zero-order chi connectivity index (χ0) is 29.9. The van der Waals surface area contributed by atoms with E-state index in [0.717, 1.165) is 55.9 Å². The molecular weight excluding hydrogens is 536 g/mol. The van der Waals surface area contributed by atoms with Crippen molar-refractivity contribution in [3.05, 3.63) is 89.3 Å². The Hall–Kier alpha value is -2.56. The molecule has 2 aliphatic rings. The van der Waals surface area contributed by atoms with Gasteiger partial charge in [-0.05, 0) is 130 Å². The fourth-order valence-corrected chi connectivity index (χ4v) is 6.71. The van der Waals surface area contributed by atoms with E-state index in [4.69, 9.17) is 4.74 Å². The van der Waals surface area contributed by atoms with E-state index in [2.05, 4.69) is 18.7 Å². The second-order valence-electron chi connectivity index (χ2n) is 12.5. The Morgan fingerprint density at radius 1 is 0.857 bits per heavy atom. The average Bonchev–Trinajstić information content (AvgIpc) is 3.01. The van der Waals surface area contributed by atoms with Crippen molar-refractivity contribution in [3.63, 3.8) is 0 Å². The van der Waals surface area contributed by atoms with Crippen LogP contribution in [0.15, 0.2) is 55.1 Å². The lowest BCUT2D eigenvalue weighted by Gasteiger charge is -2.29. The van der Waals surface area contributed by atoms with Crippen LogP contribution in [0.25, 0.3) is 0 Å². The summed E-state index contributed by atoms with van der Waals surface area (Å²) >= 11 is 0.